The molecule has 0 saturated heterocycles. The van der Waals surface area contributed by atoms with Crippen molar-refractivity contribution < 1.29 is 19.4 Å². The predicted octanol–water partition coefficient (Wildman–Crippen LogP) is 2.35. The topological polar surface area (TPSA) is 55.8 Å². The first-order valence-corrected chi connectivity index (χ1v) is 5.21. The lowest BCUT2D eigenvalue weighted by atomic mass is 10.2. The summed E-state index contributed by atoms with van der Waals surface area (Å²) in [5, 5.41) is 9.68. The van der Waals surface area contributed by atoms with Gasteiger partial charge in [-0.1, -0.05) is 0 Å². The van der Waals surface area contributed by atoms with E-state index in [0.717, 1.165) is 0 Å². The molecule has 0 saturated carbocycles. The second-order valence-corrected chi connectivity index (χ2v) is 3.67. The summed E-state index contributed by atoms with van der Waals surface area (Å²) >= 11 is 3.21. The Morgan fingerprint density at radius 2 is 2.12 bits per heavy atom. The number of ether oxygens (including phenoxy) is 2. The van der Waals surface area contributed by atoms with E-state index in [9.17, 15) is 9.90 Å². The number of carbonyl (C=O) groups excluding carboxylic acids is 1. The second kappa shape index (κ2) is 5.55. The van der Waals surface area contributed by atoms with Gasteiger partial charge in [-0.05, 0) is 39.7 Å². The first-order chi connectivity index (χ1) is 7.60. The number of rotatable bonds is 3. The van der Waals surface area contributed by atoms with E-state index in [1.54, 1.807) is 12.1 Å². The summed E-state index contributed by atoms with van der Waals surface area (Å²) in [5.74, 6) is -0.0983. The number of phenols is 1. The maximum Gasteiger partial charge on any atom is 0.330 e. The highest BCUT2D eigenvalue weighted by molar-refractivity contribution is 9.10. The van der Waals surface area contributed by atoms with Crippen molar-refractivity contribution in [3.8, 4) is 11.5 Å². The summed E-state index contributed by atoms with van der Waals surface area (Å²) in [7, 11) is 2.76. The number of carbonyl (C=O) groups is 1. The highest BCUT2D eigenvalue weighted by Gasteiger charge is 2.08. The molecule has 0 spiro atoms. The van der Waals surface area contributed by atoms with Crippen LogP contribution in [0.15, 0.2) is 22.7 Å². The third-order valence-electron chi connectivity index (χ3n) is 1.93. The first kappa shape index (κ1) is 12.6. The lowest BCUT2D eigenvalue weighted by molar-refractivity contribution is -0.134. The van der Waals surface area contributed by atoms with Gasteiger partial charge in [0.2, 0.25) is 0 Å². The van der Waals surface area contributed by atoms with Crippen molar-refractivity contribution in [3.63, 3.8) is 0 Å². The van der Waals surface area contributed by atoms with Gasteiger partial charge in [0.25, 0.3) is 0 Å². The van der Waals surface area contributed by atoms with Crippen LogP contribution in [0.5, 0.6) is 11.5 Å². The van der Waals surface area contributed by atoms with E-state index in [1.807, 2.05) is 0 Å². The van der Waals surface area contributed by atoms with Crippen LogP contribution in [-0.2, 0) is 9.53 Å². The van der Waals surface area contributed by atoms with Crippen LogP contribution in [0.1, 0.15) is 5.56 Å². The van der Waals surface area contributed by atoms with Crippen LogP contribution < -0.4 is 4.74 Å². The Morgan fingerprint density at radius 3 is 2.69 bits per heavy atom. The van der Waals surface area contributed by atoms with Gasteiger partial charge in [0, 0.05) is 6.08 Å². The minimum Gasteiger partial charge on any atom is -0.503 e. The van der Waals surface area contributed by atoms with Crippen LogP contribution in [0, 0.1) is 0 Å². The van der Waals surface area contributed by atoms with Crippen molar-refractivity contribution in [2.75, 3.05) is 14.2 Å². The molecular formula is C11H11BrO4. The molecule has 0 radical (unpaired) electrons. The number of halogens is 1. The zero-order valence-electron chi connectivity index (χ0n) is 8.86. The minimum atomic E-state index is -0.456. The Hall–Kier alpha value is -1.49. The fourth-order valence-corrected chi connectivity index (χ4v) is 1.54. The Morgan fingerprint density at radius 1 is 1.44 bits per heavy atom. The molecule has 0 aliphatic rings. The normalized spacial score (nSPS) is 10.4. The Kier molecular flexibility index (Phi) is 4.37. The molecule has 1 rings (SSSR count). The van der Waals surface area contributed by atoms with Gasteiger partial charge < -0.3 is 14.6 Å². The third kappa shape index (κ3) is 2.76. The number of esters is 1. The standard InChI is InChI=1S/C11H11BrO4/c1-15-8-5-3-7(10(12)11(8)14)4-6-9(13)16-2/h3-6,14H,1-2H3. The Balaban J connectivity index is 3.03. The average Bonchev–Trinajstić information content (AvgIpc) is 2.30. The Bertz CT molecular complexity index is 426. The molecule has 16 heavy (non-hydrogen) atoms. The third-order valence-corrected chi connectivity index (χ3v) is 2.76. The summed E-state index contributed by atoms with van der Waals surface area (Å²) in [5.41, 5.74) is 0.656. The first-order valence-electron chi connectivity index (χ1n) is 4.41. The fourth-order valence-electron chi connectivity index (χ4n) is 1.08. The number of benzene rings is 1. The number of phenolic OH excluding ortho intramolecular Hbond substituents is 1. The van der Waals surface area contributed by atoms with Crippen LogP contribution in [0.25, 0.3) is 6.08 Å². The van der Waals surface area contributed by atoms with E-state index in [4.69, 9.17) is 4.74 Å². The molecule has 1 aromatic carbocycles. The number of methoxy groups -OCH3 is 2. The lowest BCUT2D eigenvalue weighted by Gasteiger charge is -2.06. The van der Waals surface area contributed by atoms with Gasteiger partial charge in [0.1, 0.15) is 0 Å². The van der Waals surface area contributed by atoms with Crippen LogP contribution in [0.2, 0.25) is 0 Å². The monoisotopic (exact) mass is 286 g/mol. The number of hydrogen-bond acceptors (Lipinski definition) is 4. The maximum absolute atomic E-state index is 10.9. The molecule has 0 aromatic heterocycles. The molecule has 4 nitrogen and oxygen atoms in total. The zero-order chi connectivity index (χ0) is 12.1. The number of aromatic hydroxyl groups is 1. The van der Waals surface area contributed by atoms with E-state index in [0.29, 0.717) is 15.8 Å². The van der Waals surface area contributed by atoms with Gasteiger partial charge in [0.15, 0.2) is 11.5 Å². The molecule has 0 fully saturated rings. The van der Waals surface area contributed by atoms with Gasteiger partial charge in [-0.15, -0.1) is 0 Å². The summed E-state index contributed by atoms with van der Waals surface area (Å²) in [4.78, 5) is 10.9. The highest BCUT2D eigenvalue weighted by atomic mass is 79.9. The van der Waals surface area contributed by atoms with E-state index < -0.39 is 5.97 Å². The van der Waals surface area contributed by atoms with Crippen LogP contribution in [0.3, 0.4) is 0 Å². The SMILES string of the molecule is COC(=O)C=Cc1ccc(OC)c(O)c1Br. The van der Waals surface area contributed by atoms with Gasteiger partial charge >= 0.3 is 5.97 Å². The highest BCUT2D eigenvalue weighted by Crippen LogP contribution is 2.36. The molecule has 0 unspecified atom stereocenters. The van der Waals surface area contributed by atoms with Crippen molar-refractivity contribution in [2.45, 2.75) is 0 Å². The molecule has 0 aliphatic carbocycles. The molecule has 86 valence electrons. The van der Waals surface area contributed by atoms with E-state index >= 15 is 0 Å². The molecule has 0 bridgehead atoms. The predicted molar refractivity (Wildman–Crippen MR) is 63.4 cm³/mol. The van der Waals surface area contributed by atoms with Crippen LogP contribution in [0.4, 0.5) is 0 Å². The second-order valence-electron chi connectivity index (χ2n) is 2.88. The zero-order valence-corrected chi connectivity index (χ0v) is 10.4. The van der Waals surface area contributed by atoms with Crippen LogP contribution in [-0.4, -0.2) is 25.3 Å². The molecular weight excluding hydrogens is 276 g/mol. The maximum atomic E-state index is 10.9. The van der Waals surface area contributed by atoms with Crippen molar-refractivity contribution >= 4 is 28.0 Å². The molecule has 0 aliphatic heterocycles. The van der Waals surface area contributed by atoms with Crippen molar-refractivity contribution in [3.05, 3.63) is 28.2 Å². The summed E-state index contributed by atoms with van der Waals surface area (Å²) in [6.07, 6.45) is 2.81. The molecule has 0 atom stereocenters. The number of hydrogen-bond donors (Lipinski definition) is 1. The van der Waals surface area contributed by atoms with E-state index in [-0.39, 0.29) is 5.75 Å². The smallest absolute Gasteiger partial charge is 0.330 e. The van der Waals surface area contributed by atoms with E-state index in [2.05, 4.69) is 20.7 Å². The Labute approximate surface area is 102 Å². The summed E-state index contributed by atoms with van der Waals surface area (Å²) in [6, 6.07) is 3.32. The van der Waals surface area contributed by atoms with Crippen molar-refractivity contribution in [1.29, 1.82) is 0 Å². The van der Waals surface area contributed by atoms with Crippen LogP contribution >= 0.6 is 15.9 Å². The summed E-state index contributed by atoms with van der Waals surface area (Å²) < 4.78 is 9.86. The molecule has 1 N–H and O–H groups in total. The van der Waals surface area contributed by atoms with E-state index in [1.165, 1.54) is 26.4 Å². The largest absolute Gasteiger partial charge is 0.503 e. The molecule has 5 heteroatoms. The summed E-state index contributed by atoms with van der Waals surface area (Å²) in [6.45, 7) is 0. The van der Waals surface area contributed by atoms with Gasteiger partial charge in [0.05, 0.1) is 18.7 Å². The van der Waals surface area contributed by atoms with Crippen molar-refractivity contribution in [1.82, 2.24) is 0 Å². The lowest BCUT2D eigenvalue weighted by Crippen LogP contribution is -1.93. The quantitative estimate of drug-likeness (QED) is 0.685. The van der Waals surface area contributed by atoms with Gasteiger partial charge in [-0.2, -0.15) is 0 Å². The molecule has 0 heterocycles. The van der Waals surface area contributed by atoms with Gasteiger partial charge in [-0.25, -0.2) is 4.79 Å². The van der Waals surface area contributed by atoms with Crippen molar-refractivity contribution in [2.24, 2.45) is 0 Å². The fraction of sp³-hybridized carbons (Fsp3) is 0.182. The molecule has 1 aromatic rings. The minimum absolute atomic E-state index is 0.00508. The average molecular weight is 287 g/mol. The van der Waals surface area contributed by atoms with Gasteiger partial charge in [-0.3, -0.25) is 0 Å². The molecule has 0 amide bonds.